The molecule has 6 nitrogen and oxygen atoms in total. The highest BCUT2D eigenvalue weighted by Gasteiger charge is 2.10. The van der Waals surface area contributed by atoms with Crippen molar-refractivity contribution in [1.29, 1.82) is 0 Å². The first kappa shape index (κ1) is 12.8. The van der Waals surface area contributed by atoms with E-state index in [0.717, 1.165) is 4.88 Å². The van der Waals surface area contributed by atoms with E-state index in [1.54, 1.807) is 12.3 Å². The number of nitro groups is 1. The van der Waals surface area contributed by atoms with Gasteiger partial charge in [-0.25, -0.2) is 4.98 Å². The number of aromatic nitrogens is 1. The second-order valence-corrected chi connectivity index (χ2v) is 5.42. The van der Waals surface area contributed by atoms with Crippen LogP contribution >= 0.6 is 27.3 Å². The third-order valence-corrected chi connectivity index (χ3v) is 3.28. The van der Waals surface area contributed by atoms with Crippen molar-refractivity contribution < 1.29 is 9.66 Å². The van der Waals surface area contributed by atoms with Gasteiger partial charge in [0.05, 0.1) is 15.9 Å². The summed E-state index contributed by atoms with van der Waals surface area (Å²) in [6.07, 6.45) is 1.62. The Balaban J connectivity index is 2.11. The molecule has 0 atom stereocenters. The summed E-state index contributed by atoms with van der Waals surface area (Å²) in [6, 6.07) is 4.45. The number of anilines is 1. The van der Waals surface area contributed by atoms with Crippen LogP contribution in [0.3, 0.4) is 0 Å². The summed E-state index contributed by atoms with van der Waals surface area (Å²) in [5.74, 6) is 0.419. The standard InChI is InChI=1S/C10H8BrN3O3S/c11-6-1-7(14(15)16)3-8(2-6)17-5-9-4-13-10(12)18-9/h1-4H,5H2,(H2,12,13). The number of hydrogen-bond acceptors (Lipinski definition) is 6. The van der Waals surface area contributed by atoms with E-state index in [-0.39, 0.29) is 12.3 Å². The zero-order chi connectivity index (χ0) is 13.1. The molecular weight excluding hydrogens is 322 g/mol. The van der Waals surface area contributed by atoms with Crippen molar-refractivity contribution >= 4 is 38.1 Å². The van der Waals surface area contributed by atoms with Gasteiger partial charge in [0.2, 0.25) is 0 Å². The van der Waals surface area contributed by atoms with Crippen LogP contribution in [0.25, 0.3) is 0 Å². The zero-order valence-electron chi connectivity index (χ0n) is 9.00. The number of nitro benzene ring substituents is 1. The van der Waals surface area contributed by atoms with Crippen LogP contribution in [0.4, 0.5) is 10.8 Å². The molecule has 2 N–H and O–H groups in total. The van der Waals surface area contributed by atoms with Crippen LogP contribution < -0.4 is 10.5 Å². The molecule has 2 aromatic rings. The van der Waals surface area contributed by atoms with E-state index in [1.807, 2.05) is 0 Å². The van der Waals surface area contributed by atoms with Gasteiger partial charge in [-0.15, -0.1) is 0 Å². The molecule has 0 unspecified atom stereocenters. The van der Waals surface area contributed by atoms with Gasteiger partial charge < -0.3 is 10.5 Å². The van der Waals surface area contributed by atoms with Gasteiger partial charge in [-0.05, 0) is 6.07 Å². The molecular formula is C10H8BrN3O3S. The lowest BCUT2D eigenvalue weighted by molar-refractivity contribution is -0.385. The molecule has 1 aromatic carbocycles. The molecule has 0 saturated heterocycles. The summed E-state index contributed by atoms with van der Waals surface area (Å²) in [5.41, 5.74) is 5.47. The summed E-state index contributed by atoms with van der Waals surface area (Å²) in [5, 5.41) is 11.2. The van der Waals surface area contributed by atoms with Crippen LogP contribution in [0.2, 0.25) is 0 Å². The van der Waals surface area contributed by atoms with Gasteiger partial charge in [0, 0.05) is 16.7 Å². The average molecular weight is 330 g/mol. The predicted molar refractivity (Wildman–Crippen MR) is 71.7 cm³/mol. The fourth-order valence-corrected chi connectivity index (χ4v) is 2.34. The Labute approximate surface area is 115 Å². The van der Waals surface area contributed by atoms with Gasteiger partial charge in [0.15, 0.2) is 5.13 Å². The first-order valence-electron chi connectivity index (χ1n) is 4.82. The lowest BCUT2D eigenvalue weighted by Gasteiger charge is -2.04. The first-order valence-corrected chi connectivity index (χ1v) is 6.43. The molecule has 0 aliphatic heterocycles. The second-order valence-electron chi connectivity index (χ2n) is 3.36. The van der Waals surface area contributed by atoms with E-state index in [9.17, 15) is 10.1 Å². The minimum Gasteiger partial charge on any atom is -0.488 e. The van der Waals surface area contributed by atoms with Gasteiger partial charge >= 0.3 is 0 Å². The van der Waals surface area contributed by atoms with Crippen LogP contribution in [0.1, 0.15) is 4.88 Å². The molecule has 2 rings (SSSR count). The van der Waals surface area contributed by atoms with E-state index in [1.165, 1.54) is 23.5 Å². The number of non-ortho nitro benzene ring substituents is 1. The van der Waals surface area contributed by atoms with E-state index in [4.69, 9.17) is 10.5 Å². The summed E-state index contributed by atoms with van der Waals surface area (Å²) in [7, 11) is 0. The number of halogens is 1. The number of hydrogen-bond donors (Lipinski definition) is 1. The Bertz CT molecular complexity index is 587. The van der Waals surface area contributed by atoms with Crippen molar-refractivity contribution in [2.75, 3.05) is 5.73 Å². The summed E-state index contributed by atoms with van der Waals surface area (Å²) < 4.78 is 6.05. The molecule has 0 spiro atoms. The first-order chi connectivity index (χ1) is 8.54. The summed E-state index contributed by atoms with van der Waals surface area (Å²) >= 11 is 4.52. The monoisotopic (exact) mass is 329 g/mol. The Kier molecular flexibility index (Phi) is 3.78. The zero-order valence-corrected chi connectivity index (χ0v) is 11.4. The number of thiazole rings is 1. The maximum atomic E-state index is 10.7. The van der Waals surface area contributed by atoms with Crippen LogP contribution in [-0.2, 0) is 6.61 Å². The van der Waals surface area contributed by atoms with Crippen LogP contribution in [0, 0.1) is 10.1 Å². The maximum absolute atomic E-state index is 10.7. The van der Waals surface area contributed by atoms with E-state index >= 15 is 0 Å². The maximum Gasteiger partial charge on any atom is 0.274 e. The number of nitrogens with zero attached hydrogens (tertiary/aromatic N) is 2. The van der Waals surface area contributed by atoms with E-state index < -0.39 is 4.92 Å². The third kappa shape index (κ3) is 3.17. The quantitative estimate of drug-likeness (QED) is 0.687. The minimum atomic E-state index is -0.470. The summed E-state index contributed by atoms with van der Waals surface area (Å²) in [4.78, 5) is 15.0. The van der Waals surface area contributed by atoms with Gasteiger partial charge in [-0.3, -0.25) is 10.1 Å². The molecule has 1 aromatic heterocycles. The highest BCUT2D eigenvalue weighted by molar-refractivity contribution is 9.10. The Morgan fingerprint density at radius 1 is 1.50 bits per heavy atom. The number of nitrogen functional groups attached to an aromatic ring is 1. The lowest BCUT2D eigenvalue weighted by atomic mass is 10.3. The fraction of sp³-hybridized carbons (Fsp3) is 0.100. The number of nitrogens with two attached hydrogens (primary N) is 1. The van der Waals surface area contributed by atoms with Crippen molar-refractivity contribution in [3.05, 3.63) is 43.9 Å². The molecule has 0 aliphatic rings. The van der Waals surface area contributed by atoms with Gasteiger partial charge in [0.1, 0.15) is 12.4 Å². The topological polar surface area (TPSA) is 91.3 Å². The average Bonchev–Trinajstić information content (AvgIpc) is 2.72. The van der Waals surface area contributed by atoms with E-state index in [2.05, 4.69) is 20.9 Å². The van der Waals surface area contributed by atoms with Crippen LogP contribution in [0.15, 0.2) is 28.9 Å². The SMILES string of the molecule is Nc1ncc(COc2cc(Br)cc([N+](=O)[O-])c2)s1. The molecule has 0 amide bonds. The Morgan fingerprint density at radius 2 is 2.28 bits per heavy atom. The molecule has 0 bridgehead atoms. The molecule has 18 heavy (non-hydrogen) atoms. The highest BCUT2D eigenvalue weighted by atomic mass is 79.9. The van der Waals surface area contributed by atoms with Crippen molar-refractivity contribution in [2.24, 2.45) is 0 Å². The Hall–Kier alpha value is -1.67. The van der Waals surface area contributed by atoms with Crippen molar-refractivity contribution in [2.45, 2.75) is 6.61 Å². The summed E-state index contributed by atoms with van der Waals surface area (Å²) in [6.45, 7) is 0.280. The molecule has 1 heterocycles. The molecule has 0 fully saturated rings. The third-order valence-electron chi connectivity index (χ3n) is 2.02. The molecule has 0 aliphatic carbocycles. The number of rotatable bonds is 4. The van der Waals surface area contributed by atoms with Crippen LogP contribution in [-0.4, -0.2) is 9.91 Å². The molecule has 94 valence electrons. The normalized spacial score (nSPS) is 10.3. The van der Waals surface area contributed by atoms with Gasteiger partial charge in [-0.1, -0.05) is 27.3 Å². The predicted octanol–water partition coefficient (Wildman–Crippen LogP) is 2.98. The van der Waals surface area contributed by atoms with E-state index in [0.29, 0.717) is 15.4 Å². The molecule has 8 heteroatoms. The van der Waals surface area contributed by atoms with Crippen molar-refractivity contribution in [1.82, 2.24) is 4.98 Å². The minimum absolute atomic E-state index is 0.0248. The fourth-order valence-electron chi connectivity index (χ4n) is 1.28. The van der Waals surface area contributed by atoms with Crippen molar-refractivity contribution in [3.8, 4) is 5.75 Å². The smallest absolute Gasteiger partial charge is 0.274 e. The number of benzene rings is 1. The van der Waals surface area contributed by atoms with Gasteiger partial charge in [0.25, 0.3) is 5.69 Å². The Morgan fingerprint density at radius 3 is 2.89 bits per heavy atom. The van der Waals surface area contributed by atoms with Crippen molar-refractivity contribution in [3.63, 3.8) is 0 Å². The molecule has 0 saturated carbocycles. The number of ether oxygens (including phenoxy) is 1. The molecule has 0 radical (unpaired) electrons. The lowest BCUT2D eigenvalue weighted by Crippen LogP contribution is -1.95. The second kappa shape index (κ2) is 5.32. The highest BCUT2D eigenvalue weighted by Crippen LogP contribution is 2.27. The van der Waals surface area contributed by atoms with Crippen LogP contribution in [0.5, 0.6) is 5.75 Å². The largest absolute Gasteiger partial charge is 0.488 e. The van der Waals surface area contributed by atoms with Gasteiger partial charge in [-0.2, -0.15) is 0 Å².